The maximum atomic E-state index is 14.5. The Labute approximate surface area is 178 Å². The van der Waals surface area contributed by atoms with Crippen LogP contribution in [0.2, 0.25) is 5.02 Å². The Morgan fingerprint density at radius 2 is 2.14 bits per heavy atom. The van der Waals surface area contributed by atoms with Crippen LogP contribution in [0.5, 0.6) is 0 Å². The van der Waals surface area contributed by atoms with E-state index in [0.29, 0.717) is 17.1 Å². The average Bonchev–Trinajstić information content (AvgIpc) is 2.71. The predicted molar refractivity (Wildman–Crippen MR) is 120 cm³/mol. The van der Waals surface area contributed by atoms with Crippen LogP contribution in [0.4, 0.5) is 4.39 Å². The summed E-state index contributed by atoms with van der Waals surface area (Å²) >= 11 is 6.12. The molecule has 1 aromatic rings. The number of nitrogens with zero attached hydrogens (tertiary/aromatic N) is 2. The van der Waals surface area contributed by atoms with Gasteiger partial charge >= 0.3 is 0 Å². The molecule has 0 fully saturated rings. The molecule has 1 aliphatic carbocycles. The minimum absolute atomic E-state index is 0.00833. The fraction of sp³-hybridized carbons (Fsp3) is 0.292. The van der Waals surface area contributed by atoms with Crippen LogP contribution in [-0.4, -0.2) is 24.5 Å². The molecule has 152 valence electrons. The second-order valence-electron chi connectivity index (χ2n) is 6.91. The van der Waals surface area contributed by atoms with Crippen molar-refractivity contribution in [1.29, 1.82) is 5.26 Å². The van der Waals surface area contributed by atoms with Crippen molar-refractivity contribution in [2.45, 2.75) is 26.3 Å². The Kier molecular flexibility index (Phi) is 8.30. The van der Waals surface area contributed by atoms with Crippen molar-refractivity contribution >= 4 is 17.3 Å². The maximum absolute atomic E-state index is 14.5. The second kappa shape index (κ2) is 10.7. The fourth-order valence-electron chi connectivity index (χ4n) is 3.49. The van der Waals surface area contributed by atoms with E-state index in [9.17, 15) is 4.39 Å². The zero-order chi connectivity index (χ0) is 21.4. The molecule has 2 aliphatic rings. The van der Waals surface area contributed by atoms with E-state index in [1.807, 2.05) is 43.3 Å². The van der Waals surface area contributed by atoms with Gasteiger partial charge in [0.1, 0.15) is 5.82 Å². The first-order valence-corrected chi connectivity index (χ1v) is 10.0. The number of hydrogen-bond donors (Lipinski definition) is 1. The Hall–Kier alpha value is -2.77. The molecule has 1 aromatic carbocycles. The predicted octanol–water partition coefficient (Wildman–Crippen LogP) is 5.85. The molecule has 0 aromatic heterocycles. The van der Waals surface area contributed by atoms with Crippen molar-refractivity contribution in [2.75, 3.05) is 13.6 Å². The third-order valence-electron chi connectivity index (χ3n) is 4.84. The lowest BCUT2D eigenvalue weighted by Crippen LogP contribution is -2.32. The SMILES string of the molecule is C=CC.CCC1C=C(C2=C(c3cc(Cl)ccc3F)N(C)CC=C2)C=CC1NC#N. The standard InChI is InChI=1S/C21H21ClFN3.C3H6/c1-3-14-11-15(6-9-20(14)25-13-24)17-5-4-10-26(2)21(17)18-12-16(22)7-8-19(18)23;1-3-2/h4-9,11-12,14,20,25H,3,10H2,1-2H3;3H,1H2,2H3. The fourth-order valence-corrected chi connectivity index (χ4v) is 3.66. The van der Waals surface area contributed by atoms with Gasteiger partial charge in [-0.25, -0.2) is 4.39 Å². The number of allylic oxidation sites excluding steroid dienone is 5. The quantitative estimate of drug-likeness (QED) is 0.384. The highest BCUT2D eigenvalue weighted by Crippen LogP contribution is 2.35. The van der Waals surface area contributed by atoms with E-state index in [0.717, 1.165) is 23.3 Å². The Bertz CT molecular complexity index is 905. The smallest absolute Gasteiger partial charge is 0.177 e. The van der Waals surface area contributed by atoms with Crippen LogP contribution >= 0.6 is 11.6 Å². The molecule has 1 heterocycles. The molecule has 1 N–H and O–H groups in total. The number of rotatable bonds is 4. The maximum Gasteiger partial charge on any atom is 0.177 e. The van der Waals surface area contributed by atoms with Crippen LogP contribution in [0.15, 0.2) is 72.4 Å². The number of nitriles is 1. The van der Waals surface area contributed by atoms with E-state index in [1.54, 1.807) is 18.2 Å². The van der Waals surface area contributed by atoms with Gasteiger partial charge in [-0.2, -0.15) is 5.26 Å². The van der Waals surface area contributed by atoms with Crippen molar-refractivity contribution in [1.82, 2.24) is 10.2 Å². The highest BCUT2D eigenvalue weighted by Gasteiger charge is 2.24. The van der Waals surface area contributed by atoms with Gasteiger partial charge in [0.25, 0.3) is 0 Å². The first-order valence-electron chi connectivity index (χ1n) is 9.66. The summed E-state index contributed by atoms with van der Waals surface area (Å²) in [5, 5.41) is 12.3. The molecule has 0 saturated heterocycles. The van der Waals surface area contributed by atoms with Crippen molar-refractivity contribution in [2.24, 2.45) is 5.92 Å². The van der Waals surface area contributed by atoms with Crippen molar-refractivity contribution in [3.8, 4) is 6.19 Å². The van der Waals surface area contributed by atoms with Crippen LogP contribution in [0, 0.1) is 23.2 Å². The van der Waals surface area contributed by atoms with Gasteiger partial charge in [-0.1, -0.05) is 55.0 Å². The Morgan fingerprint density at radius 3 is 2.79 bits per heavy atom. The van der Waals surface area contributed by atoms with Gasteiger partial charge in [0.15, 0.2) is 6.19 Å². The Morgan fingerprint density at radius 1 is 1.41 bits per heavy atom. The molecule has 0 amide bonds. The molecule has 3 rings (SSSR count). The summed E-state index contributed by atoms with van der Waals surface area (Å²) in [7, 11) is 1.95. The summed E-state index contributed by atoms with van der Waals surface area (Å²) < 4.78 is 14.5. The van der Waals surface area contributed by atoms with Gasteiger partial charge in [-0.05, 0) is 37.1 Å². The summed E-state index contributed by atoms with van der Waals surface area (Å²) in [5.41, 5.74) is 3.32. The van der Waals surface area contributed by atoms with E-state index < -0.39 is 0 Å². The molecule has 29 heavy (non-hydrogen) atoms. The zero-order valence-corrected chi connectivity index (χ0v) is 17.9. The van der Waals surface area contributed by atoms with Crippen LogP contribution in [0.25, 0.3) is 5.70 Å². The number of likely N-dealkylation sites (N-methyl/N-ethyl adjacent to an activating group) is 1. The monoisotopic (exact) mass is 411 g/mol. The van der Waals surface area contributed by atoms with E-state index in [1.165, 1.54) is 6.07 Å². The van der Waals surface area contributed by atoms with Gasteiger partial charge in [-0.3, -0.25) is 0 Å². The van der Waals surface area contributed by atoms with E-state index in [4.69, 9.17) is 16.9 Å². The summed E-state index contributed by atoms with van der Waals surface area (Å²) in [4.78, 5) is 2.03. The molecule has 1 aliphatic heterocycles. The summed E-state index contributed by atoms with van der Waals surface area (Å²) in [5.74, 6) is -0.0891. The number of benzene rings is 1. The molecule has 0 saturated carbocycles. The minimum atomic E-state index is -0.291. The van der Waals surface area contributed by atoms with Crippen LogP contribution < -0.4 is 5.32 Å². The normalized spacial score (nSPS) is 20.4. The highest BCUT2D eigenvalue weighted by atomic mass is 35.5. The van der Waals surface area contributed by atoms with Gasteiger partial charge in [0.05, 0.1) is 11.7 Å². The minimum Gasteiger partial charge on any atom is -0.370 e. The van der Waals surface area contributed by atoms with Crippen molar-refractivity contribution in [3.05, 3.63) is 88.8 Å². The van der Waals surface area contributed by atoms with Gasteiger partial charge in [-0.15, -0.1) is 6.58 Å². The van der Waals surface area contributed by atoms with Gasteiger partial charge < -0.3 is 10.2 Å². The van der Waals surface area contributed by atoms with Crippen LogP contribution in [0.1, 0.15) is 25.8 Å². The number of nitrogens with one attached hydrogen (secondary N) is 1. The average molecular weight is 412 g/mol. The van der Waals surface area contributed by atoms with E-state index in [2.05, 4.69) is 31.0 Å². The number of hydrogen-bond acceptors (Lipinski definition) is 3. The topological polar surface area (TPSA) is 39.1 Å². The number of halogens is 2. The van der Waals surface area contributed by atoms with Crippen LogP contribution in [-0.2, 0) is 0 Å². The summed E-state index contributed by atoms with van der Waals surface area (Å²) in [6, 6.07) is 4.63. The molecule has 5 heteroatoms. The third kappa shape index (κ3) is 5.40. The first-order chi connectivity index (χ1) is 14.0. The molecule has 0 radical (unpaired) electrons. The second-order valence-corrected chi connectivity index (χ2v) is 7.35. The molecular weight excluding hydrogens is 385 g/mol. The van der Waals surface area contributed by atoms with Crippen molar-refractivity contribution < 1.29 is 4.39 Å². The van der Waals surface area contributed by atoms with Crippen LogP contribution in [0.3, 0.4) is 0 Å². The third-order valence-corrected chi connectivity index (χ3v) is 5.07. The molecule has 3 nitrogen and oxygen atoms in total. The van der Waals surface area contributed by atoms with E-state index in [-0.39, 0.29) is 17.8 Å². The molecule has 2 atom stereocenters. The largest absolute Gasteiger partial charge is 0.370 e. The van der Waals surface area contributed by atoms with E-state index >= 15 is 0 Å². The molecule has 0 spiro atoms. The molecule has 2 unspecified atom stereocenters. The first kappa shape index (κ1) is 22.5. The highest BCUT2D eigenvalue weighted by molar-refractivity contribution is 6.30. The summed E-state index contributed by atoms with van der Waals surface area (Å²) in [6.07, 6.45) is 15.0. The Balaban J connectivity index is 0.000000941. The summed E-state index contributed by atoms with van der Waals surface area (Å²) in [6.45, 7) is 8.05. The van der Waals surface area contributed by atoms with Crippen molar-refractivity contribution in [3.63, 3.8) is 0 Å². The lowest BCUT2D eigenvalue weighted by atomic mass is 9.85. The molecular formula is C24H27ClFN3. The van der Waals surface area contributed by atoms with Gasteiger partial charge in [0, 0.05) is 35.7 Å². The van der Waals surface area contributed by atoms with Gasteiger partial charge in [0.2, 0.25) is 0 Å². The lowest BCUT2D eigenvalue weighted by Gasteiger charge is -2.31. The molecule has 0 bridgehead atoms. The lowest BCUT2D eigenvalue weighted by molar-refractivity contribution is 0.503. The zero-order valence-electron chi connectivity index (χ0n) is 17.1.